The van der Waals surface area contributed by atoms with Gasteiger partial charge in [-0.05, 0) is 65.7 Å². The highest BCUT2D eigenvalue weighted by Gasteiger charge is 2.36. The topological polar surface area (TPSA) is 113 Å². The van der Waals surface area contributed by atoms with Gasteiger partial charge in [-0.1, -0.05) is 35.9 Å². The molecule has 4 amide bonds. The number of benzene rings is 3. The summed E-state index contributed by atoms with van der Waals surface area (Å²) in [4.78, 5) is 49.4. The molecular weight excluding hydrogens is 460 g/mol. The van der Waals surface area contributed by atoms with E-state index in [2.05, 4.69) is 5.32 Å². The molecule has 4 rings (SSSR count). The zero-order valence-electron chi connectivity index (χ0n) is 17.5. The Labute approximate surface area is 199 Å². The molecule has 1 aliphatic rings. The van der Waals surface area contributed by atoms with Crippen LogP contribution in [-0.2, 0) is 16.2 Å². The molecule has 170 valence electrons. The average Bonchev–Trinajstić information content (AvgIpc) is 2.81. The molecule has 0 aromatic heterocycles. The van der Waals surface area contributed by atoms with E-state index in [1.807, 2.05) is 12.1 Å². The molecule has 0 spiro atoms. The number of amides is 4. The van der Waals surface area contributed by atoms with Gasteiger partial charge in [0.05, 0.1) is 11.3 Å². The Balaban J connectivity index is 1.51. The first-order valence-corrected chi connectivity index (χ1v) is 10.4. The lowest BCUT2D eigenvalue weighted by atomic mass is 10.1. The second-order valence-corrected chi connectivity index (χ2v) is 7.73. The van der Waals surface area contributed by atoms with Crippen molar-refractivity contribution in [3.63, 3.8) is 0 Å². The maximum atomic E-state index is 12.9. The third-order valence-electron chi connectivity index (χ3n) is 4.96. The van der Waals surface area contributed by atoms with Crippen molar-refractivity contribution in [1.82, 2.24) is 5.32 Å². The summed E-state index contributed by atoms with van der Waals surface area (Å²) in [5.41, 5.74) is 1.34. The van der Waals surface area contributed by atoms with E-state index in [0.717, 1.165) is 10.5 Å². The predicted molar refractivity (Wildman–Crippen MR) is 125 cm³/mol. The number of imide groups is 2. The minimum atomic E-state index is -1.14. The quantitative estimate of drug-likeness (QED) is 0.405. The number of urea groups is 1. The Morgan fingerprint density at radius 2 is 1.71 bits per heavy atom. The van der Waals surface area contributed by atoms with Crippen LogP contribution in [0.3, 0.4) is 0 Å². The Hall–Kier alpha value is -4.43. The number of nitrogens with one attached hydrogen (secondary N) is 1. The van der Waals surface area contributed by atoms with E-state index in [1.165, 1.54) is 30.3 Å². The van der Waals surface area contributed by atoms with Gasteiger partial charge in [0.2, 0.25) is 0 Å². The molecule has 0 bridgehead atoms. The van der Waals surface area contributed by atoms with Crippen molar-refractivity contribution in [3.05, 3.63) is 100 Å². The second-order valence-electron chi connectivity index (χ2n) is 7.30. The van der Waals surface area contributed by atoms with Crippen LogP contribution >= 0.6 is 11.6 Å². The molecule has 34 heavy (non-hydrogen) atoms. The molecule has 1 fully saturated rings. The van der Waals surface area contributed by atoms with E-state index in [4.69, 9.17) is 21.4 Å². The molecule has 3 aromatic rings. The van der Waals surface area contributed by atoms with Gasteiger partial charge in [0.15, 0.2) is 0 Å². The highest BCUT2D eigenvalue weighted by molar-refractivity contribution is 6.39. The third-order valence-corrected chi connectivity index (χ3v) is 5.19. The van der Waals surface area contributed by atoms with Crippen LogP contribution in [0.5, 0.6) is 5.75 Å². The number of carboxylic acids is 1. The number of hydrogen-bond acceptors (Lipinski definition) is 5. The summed E-state index contributed by atoms with van der Waals surface area (Å²) in [5, 5.41) is 11.8. The fraction of sp³-hybridized carbons (Fsp3) is 0.0400. The van der Waals surface area contributed by atoms with Crippen molar-refractivity contribution < 1.29 is 29.0 Å². The van der Waals surface area contributed by atoms with Crippen molar-refractivity contribution in [3.8, 4) is 5.75 Å². The number of carbonyl (C=O) groups is 4. The first-order chi connectivity index (χ1) is 16.3. The summed E-state index contributed by atoms with van der Waals surface area (Å²) in [7, 11) is 0. The first kappa shape index (κ1) is 22.8. The van der Waals surface area contributed by atoms with Gasteiger partial charge >= 0.3 is 12.0 Å². The van der Waals surface area contributed by atoms with E-state index in [-0.39, 0.29) is 16.8 Å². The van der Waals surface area contributed by atoms with E-state index >= 15 is 0 Å². The smallest absolute Gasteiger partial charge is 0.335 e. The van der Waals surface area contributed by atoms with Crippen LogP contribution in [-0.4, -0.2) is 28.9 Å². The van der Waals surface area contributed by atoms with E-state index in [0.29, 0.717) is 22.9 Å². The molecule has 1 saturated heterocycles. The molecule has 0 radical (unpaired) electrons. The van der Waals surface area contributed by atoms with Gasteiger partial charge in [-0.15, -0.1) is 0 Å². The van der Waals surface area contributed by atoms with Crippen LogP contribution in [0, 0.1) is 0 Å². The summed E-state index contributed by atoms with van der Waals surface area (Å²) >= 11 is 5.97. The molecule has 0 aliphatic carbocycles. The Morgan fingerprint density at radius 3 is 2.35 bits per heavy atom. The van der Waals surface area contributed by atoms with Crippen molar-refractivity contribution in [2.45, 2.75) is 6.61 Å². The largest absolute Gasteiger partial charge is 0.489 e. The number of hydrogen-bond donors (Lipinski definition) is 2. The molecule has 1 heterocycles. The van der Waals surface area contributed by atoms with Crippen molar-refractivity contribution >= 4 is 47.2 Å². The zero-order chi connectivity index (χ0) is 24.2. The van der Waals surface area contributed by atoms with Crippen LogP contribution in [0.15, 0.2) is 78.4 Å². The number of barbiturate groups is 1. The number of carbonyl (C=O) groups excluding carboxylic acids is 3. The molecular formula is C25H17ClN2O6. The first-order valence-electron chi connectivity index (χ1n) is 10.0. The van der Waals surface area contributed by atoms with Gasteiger partial charge in [-0.2, -0.15) is 0 Å². The van der Waals surface area contributed by atoms with Gasteiger partial charge in [-0.25, -0.2) is 14.5 Å². The predicted octanol–water partition coefficient (Wildman–Crippen LogP) is 4.28. The highest BCUT2D eigenvalue weighted by atomic mass is 35.5. The van der Waals surface area contributed by atoms with Crippen LogP contribution in [0.1, 0.15) is 21.5 Å². The number of nitrogens with zero attached hydrogens (tertiary/aromatic N) is 1. The van der Waals surface area contributed by atoms with Gasteiger partial charge in [0, 0.05) is 5.02 Å². The molecule has 0 atom stereocenters. The second kappa shape index (κ2) is 9.60. The van der Waals surface area contributed by atoms with E-state index < -0.39 is 23.8 Å². The SMILES string of the molecule is O=C1NC(=O)N(c2ccc(C(=O)O)cc2)C(=O)/C1=C/c1ccc(OCc2cccc(Cl)c2)cc1. The fourth-order valence-electron chi connectivity index (χ4n) is 3.27. The van der Waals surface area contributed by atoms with Gasteiger partial charge in [0.25, 0.3) is 11.8 Å². The number of carboxylic acid groups (broad SMARTS) is 1. The summed E-state index contributed by atoms with van der Waals surface area (Å²) < 4.78 is 5.73. The molecule has 3 aromatic carbocycles. The van der Waals surface area contributed by atoms with E-state index in [9.17, 15) is 19.2 Å². The number of rotatable bonds is 6. The minimum absolute atomic E-state index is 0.00173. The number of halogens is 1. The Morgan fingerprint density at radius 1 is 1.00 bits per heavy atom. The molecule has 8 nitrogen and oxygen atoms in total. The molecule has 9 heteroatoms. The Kier molecular flexibility index (Phi) is 6.42. The lowest BCUT2D eigenvalue weighted by molar-refractivity contribution is -0.122. The van der Waals surface area contributed by atoms with Gasteiger partial charge in [-0.3, -0.25) is 14.9 Å². The lowest BCUT2D eigenvalue weighted by Crippen LogP contribution is -2.54. The van der Waals surface area contributed by atoms with Crippen LogP contribution < -0.4 is 15.0 Å². The minimum Gasteiger partial charge on any atom is -0.489 e. The number of ether oxygens (including phenoxy) is 1. The van der Waals surface area contributed by atoms with Crippen molar-refractivity contribution in [2.24, 2.45) is 0 Å². The monoisotopic (exact) mass is 476 g/mol. The Bertz CT molecular complexity index is 1320. The normalized spacial score (nSPS) is 14.8. The molecule has 2 N–H and O–H groups in total. The third kappa shape index (κ3) is 4.97. The zero-order valence-corrected chi connectivity index (χ0v) is 18.3. The highest BCUT2D eigenvalue weighted by Crippen LogP contribution is 2.23. The van der Waals surface area contributed by atoms with E-state index in [1.54, 1.807) is 36.4 Å². The summed E-state index contributed by atoms with van der Waals surface area (Å²) in [6.07, 6.45) is 1.36. The van der Waals surface area contributed by atoms with Crippen molar-refractivity contribution in [2.75, 3.05) is 4.90 Å². The summed E-state index contributed by atoms with van der Waals surface area (Å²) in [5.74, 6) is -2.21. The molecule has 0 saturated carbocycles. The molecule has 0 unspecified atom stereocenters. The summed E-state index contributed by atoms with van der Waals surface area (Å²) in [6, 6.07) is 18.3. The fourth-order valence-corrected chi connectivity index (χ4v) is 3.48. The maximum Gasteiger partial charge on any atom is 0.335 e. The van der Waals surface area contributed by atoms with Crippen LogP contribution in [0.4, 0.5) is 10.5 Å². The van der Waals surface area contributed by atoms with Crippen LogP contribution in [0.25, 0.3) is 6.08 Å². The summed E-state index contributed by atoms with van der Waals surface area (Å²) in [6.45, 7) is 0.319. The maximum absolute atomic E-state index is 12.9. The number of aromatic carboxylic acids is 1. The van der Waals surface area contributed by atoms with Gasteiger partial charge < -0.3 is 9.84 Å². The van der Waals surface area contributed by atoms with Crippen molar-refractivity contribution in [1.29, 1.82) is 0 Å². The molecule has 1 aliphatic heterocycles. The van der Waals surface area contributed by atoms with Gasteiger partial charge in [0.1, 0.15) is 17.9 Å². The lowest BCUT2D eigenvalue weighted by Gasteiger charge is -2.26. The van der Waals surface area contributed by atoms with Crippen LogP contribution in [0.2, 0.25) is 5.02 Å². The number of anilines is 1. The standard InChI is InChI=1S/C25H17ClN2O6/c26-18-3-1-2-16(12-18)14-34-20-10-4-15(5-11-20)13-21-22(29)27-25(33)28(23(21)30)19-8-6-17(7-9-19)24(31)32/h1-13H,14H2,(H,31,32)(H,27,29,33)/b21-13+. The average molecular weight is 477 g/mol.